The molecule has 4 nitrogen and oxygen atoms in total. The number of nitrogens with one attached hydrogen (secondary N) is 1. The van der Waals surface area contributed by atoms with Gasteiger partial charge in [-0.25, -0.2) is 4.98 Å². The van der Waals surface area contributed by atoms with Gasteiger partial charge in [-0.1, -0.05) is 25.0 Å². The molecule has 3 N–H and O–H groups in total. The summed E-state index contributed by atoms with van der Waals surface area (Å²) in [5, 5.41) is 0. The van der Waals surface area contributed by atoms with E-state index in [1.807, 2.05) is 18.2 Å². The third kappa shape index (κ3) is 4.47. The number of nitrogens with two attached hydrogens (primary N) is 1. The quantitative estimate of drug-likeness (QED) is 0.306. The topological polar surface area (TPSA) is 60.2 Å². The highest BCUT2D eigenvalue weighted by Crippen LogP contribution is 2.25. The number of rotatable bonds is 9. The summed E-state index contributed by atoms with van der Waals surface area (Å²) in [7, 11) is 1.63. The van der Waals surface area contributed by atoms with Crippen LogP contribution in [0.2, 0.25) is 0 Å². The lowest BCUT2D eigenvalue weighted by atomic mass is 10.0. The predicted molar refractivity (Wildman–Crippen MR) is 74.1 cm³/mol. The standard InChI is InChI=1S/C14H23N3O/c1-3-4-5-6-7-10-13(17-15)12-9-8-11-16-14(12)18-2/h3,8-9,11,13,17H,1,4-7,10,15H2,2H3. The van der Waals surface area contributed by atoms with Gasteiger partial charge in [0.2, 0.25) is 5.88 Å². The van der Waals surface area contributed by atoms with E-state index in [0.717, 1.165) is 24.8 Å². The number of unbranched alkanes of at least 4 members (excludes halogenated alkanes) is 3. The molecule has 1 heterocycles. The Morgan fingerprint density at radius 3 is 3.00 bits per heavy atom. The predicted octanol–water partition coefficient (Wildman–Crippen LogP) is 2.73. The zero-order valence-corrected chi connectivity index (χ0v) is 11.1. The largest absolute Gasteiger partial charge is 0.481 e. The Kier molecular flexibility index (Phi) is 7.06. The number of allylic oxidation sites excluding steroid dienone is 1. The van der Waals surface area contributed by atoms with Crippen molar-refractivity contribution in [1.29, 1.82) is 0 Å². The van der Waals surface area contributed by atoms with Crippen molar-refractivity contribution in [2.45, 2.75) is 38.1 Å². The lowest BCUT2D eigenvalue weighted by Crippen LogP contribution is -2.28. The van der Waals surface area contributed by atoms with E-state index in [0.29, 0.717) is 5.88 Å². The van der Waals surface area contributed by atoms with Gasteiger partial charge in [0.25, 0.3) is 0 Å². The molecule has 0 saturated carbocycles. The molecule has 18 heavy (non-hydrogen) atoms. The van der Waals surface area contributed by atoms with Gasteiger partial charge in [-0.3, -0.25) is 11.3 Å². The van der Waals surface area contributed by atoms with Crippen LogP contribution in [0.25, 0.3) is 0 Å². The van der Waals surface area contributed by atoms with Gasteiger partial charge in [-0.05, 0) is 25.3 Å². The fourth-order valence-electron chi connectivity index (χ4n) is 1.98. The second-order valence-electron chi connectivity index (χ2n) is 4.25. The second kappa shape index (κ2) is 8.66. The molecule has 0 aliphatic rings. The summed E-state index contributed by atoms with van der Waals surface area (Å²) in [6, 6.07) is 4.00. The molecule has 1 aromatic rings. The average Bonchev–Trinajstić information content (AvgIpc) is 2.43. The van der Waals surface area contributed by atoms with Crippen molar-refractivity contribution in [3.8, 4) is 5.88 Å². The van der Waals surface area contributed by atoms with Crippen molar-refractivity contribution in [1.82, 2.24) is 10.4 Å². The van der Waals surface area contributed by atoms with E-state index >= 15 is 0 Å². The Hall–Kier alpha value is -1.39. The summed E-state index contributed by atoms with van der Waals surface area (Å²) >= 11 is 0. The Balaban J connectivity index is 2.51. The summed E-state index contributed by atoms with van der Waals surface area (Å²) in [5.41, 5.74) is 3.86. The van der Waals surface area contributed by atoms with Gasteiger partial charge in [0.05, 0.1) is 13.2 Å². The van der Waals surface area contributed by atoms with Crippen LogP contribution in [0.15, 0.2) is 31.0 Å². The summed E-state index contributed by atoms with van der Waals surface area (Å²) in [6.07, 6.45) is 9.24. The molecule has 1 atom stereocenters. The van der Waals surface area contributed by atoms with Crippen LogP contribution in [-0.4, -0.2) is 12.1 Å². The molecule has 0 bridgehead atoms. The van der Waals surface area contributed by atoms with Gasteiger partial charge in [0.15, 0.2) is 0 Å². The Morgan fingerprint density at radius 2 is 2.33 bits per heavy atom. The van der Waals surface area contributed by atoms with E-state index in [9.17, 15) is 0 Å². The first-order valence-electron chi connectivity index (χ1n) is 6.39. The Morgan fingerprint density at radius 1 is 1.50 bits per heavy atom. The lowest BCUT2D eigenvalue weighted by molar-refractivity contribution is 0.377. The summed E-state index contributed by atoms with van der Waals surface area (Å²) in [4.78, 5) is 4.19. The van der Waals surface area contributed by atoms with E-state index in [-0.39, 0.29) is 6.04 Å². The number of pyridine rings is 1. The molecule has 0 aliphatic carbocycles. The van der Waals surface area contributed by atoms with Crippen molar-refractivity contribution in [3.05, 3.63) is 36.5 Å². The second-order valence-corrected chi connectivity index (χ2v) is 4.25. The molecule has 100 valence electrons. The highest BCUT2D eigenvalue weighted by molar-refractivity contribution is 5.28. The van der Waals surface area contributed by atoms with Crippen LogP contribution in [0.4, 0.5) is 0 Å². The first-order chi connectivity index (χ1) is 8.83. The molecule has 0 saturated heterocycles. The number of ether oxygens (including phenoxy) is 1. The molecule has 0 spiro atoms. The van der Waals surface area contributed by atoms with Crippen LogP contribution in [0, 0.1) is 0 Å². The summed E-state index contributed by atoms with van der Waals surface area (Å²) < 4.78 is 5.25. The normalized spacial score (nSPS) is 12.1. The van der Waals surface area contributed by atoms with Crippen molar-refractivity contribution in [3.63, 3.8) is 0 Å². The molecule has 1 rings (SSSR count). The van der Waals surface area contributed by atoms with E-state index < -0.39 is 0 Å². The maximum atomic E-state index is 5.62. The molecule has 0 aliphatic heterocycles. The van der Waals surface area contributed by atoms with Crippen LogP contribution in [0.3, 0.4) is 0 Å². The first-order valence-corrected chi connectivity index (χ1v) is 6.39. The Labute approximate surface area is 109 Å². The maximum absolute atomic E-state index is 5.62. The lowest BCUT2D eigenvalue weighted by Gasteiger charge is -2.18. The molecular formula is C14H23N3O. The van der Waals surface area contributed by atoms with Crippen LogP contribution in [0.1, 0.15) is 43.7 Å². The number of nitrogens with zero attached hydrogens (tertiary/aromatic N) is 1. The minimum absolute atomic E-state index is 0.0948. The highest BCUT2D eigenvalue weighted by atomic mass is 16.5. The van der Waals surface area contributed by atoms with Crippen molar-refractivity contribution >= 4 is 0 Å². The number of hydrogen-bond donors (Lipinski definition) is 2. The van der Waals surface area contributed by atoms with Gasteiger partial charge in [0.1, 0.15) is 0 Å². The van der Waals surface area contributed by atoms with E-state index in [4.69, 9.17) is 10.6 Å². The monoisotopic (exact) mass is 249 g/mol. The zero-order chi connectivity index (χ0) is 13.2. The average molecular weight is 249 g/mol. The zero-order valence-electron chi connectivity index (χ0n) is 11.1. The molecular weight excluding hydrogens is 226 g/mol. The fourth-order valence-corrected chi connectivity index (χ4v) is 1.98. The van der Waals surface area contributed by atoms with Crippen molar-refractivity contribution in [2.24, 2.45) is 5.84 Å². The van der Waals surface area contributed by atoms with Gasteiger partial charge in [-0.2, -0.15) is 0 Å². The summed E-state index contributed by atoms with van der Waals surface area (Å²) in [6.45, 7) is 3.72. The van der Waals surface area contributed by atoms with Crippen LogP contribution < -0.4 is 16.0 Å². The SMILES string of the molecule is C=CCCCCCC(NN)c1cccnc1OC. The summed E-state index contributed by atoms with van der Waals surface area (Å²) in [5.74, 6) is 6.26. The van der Waals surface area contributed by atoms with E-state index in [2.05, 4.69) is 17.0 Å². The molecule has 1 aromatic heterocycles. The fraction of sp³-hybridized carbons (Fsp3) is 0.500. The molecule has 4 heteroatoms. The third-order valence-electron chi connectivity index (χ3n) is 2.97. The van der Waals surface area contributed by atoms with Gasteiger partial charge >= 0.3 is 0 Å². The van der Waals surface area contributed by atoms with Crippen molar-refractivity contribution in [2.75, 3.05) is 7.11 Å². The molecule has 0 aromatic carbocycles. The number of aromatic nitrogens is 1. The van der Waals surface area contributed by atoms with Crippen LogP contribution in [-0.2, 0) is 0 Å². The van der Waals surface area contributed by atoms with Gasteiger partial charge in [0, 0.05) is 11.8 Å². The van der Waals surface area contributed by atoms with Crippen LogP contribution in [0.5, 0.6) is 5.88 Å². The minimum atomic E-state index is 0.0948. The molecule has 0 amide bonds. The highest BCUT2D eigenvalue weighted by Gasteiger charge is 2.14. The number of hydrazine groups is 1. The van der Waals surface area contributed by atoms with Gasteiger partial charge in [-0.15, -0.1) is 6.58 Å². The number of hydrogen-bond acceptors (Lipinski definition) is 4. The van der Waals surface area contributed by atoms with E-state index in [1.165, 1.54) is 12.8 Å². The minimum Gasteiger partial charge on any atom is -0.481 e. The number of methoxy groups -OCH3 is 1. The molecule has 0 radical (unpaired) electrons. The smallest absolute Gasteiger partial charge is 0.217 e. The molecule has 1 unspecified atom stereocenters. The van der Waals surface area contributed by atoms with Gasteiger partial charge < -0.3 is 4.74 Å². The Bertz CT molecular complexity index is 355. The first kappa shape index (κ1) is 14.7. The maximum Gasteiger partial charge on any atom is 0.217 e. The third-order valence-corrected chi connectivity index (χ3v) is 2.97. The van der Waals surface area contributed by atoms with E-state index in [1.54, 1.807) is 13.3 Å². The van der Waals surface area contributed by atoms with Crippen molar-refractivity contribution < 1.29 is 4.74 Å². The molecule has 0 fully saturated rings. The van der Waals surface area contributed by atoms with Crippen LogP contribution >= 0.6 is 0 Å².